The van der Waals surface area contributed by atoms with Crippen LogP contribution in [0.15, 0.2) is 466 Å². The van der Waals surface area contributed by atoms with E-state index in [1.165, 1.54) is 164 Å². The lowest BCUT2D eigenvalue weighted by Crippen LogP contribution is -2.29. The molecule has 0 saturated heterocycles. The summed E-state index contributed by atoms with van der Waals surface area (Å²) in [5, 5.41) is 39.3. The molecule has 0 radical (unpaired) electrons. The van der Waals surface area contributed by atoms with Crippen molar-refractivity contribution in [3.63, 3.8) is 0 Å². The normalized spacial score (nSPS) is 11.9. The summed E-state index contributed by atoms with van der Waals surface area (Å²) >= 11 is 3.76. The average Bonchev–Trinajstić information content (AvgIpc) is 1.59. The zero-order valence-electron chi connectivity index (χ0n) is 71.3. The van der Waals surface area contributed by atoms with Crippen LogP contribution in [0.1, 0.15) is 0 Å². The van der Waals surface area contributed by atoms with E-state index in [0.717, 1.165) is 71.7 Å². The van der Waals surface area contributed by atoms with Gasteiger partial charge in [0.1, 0.15) is 0 Å². The highest BCUT2D eigenvalue weighted by molar-refractivity contribution is 9.10. The molecule has 28 aromatic rings. The molecule has 0 atom stereocenters. The third-order valence-electron chi connectivity index (χ3n) is 27.1. The minimum Gasteiger partial charge on any atom is -0.423 e. The lowest BCUT2D eigenvalue weighted by molar-refractivity contribution is 0.425. The topological polar surface area (TPSA) is 79.9 Å². The molecule has 10 nitrogen and oxygen atoms in total. The Morgan fingerprint density at radius 2 is 0.371 bits per heavy atom. The molecule has 0 unspecified atom stereocenters. The van der Waals surface area contributed by atoms with Crippen LogP contribution >= 0.6 is 15.9 Å². The van der Waals surface area contributed by atoms with Crippen molar-refractivity contribution in [2.45, 2.75) is 0 Å². The van der Waals surface area contributed by atoms with E-state index in [0.29, 0.717) is 5.46 Å². The Balaban J connectivity index is 0.000000113. The van der Waals surface area contributed by atoms with Crippen molar-refractivity contribution < 1.29 is 10.0 Å². The molecule has 28 rings (SSSR count). The first-order valence-electron chi connectivity index (χ1n) is 44.8. The highest BCUT2D eigenvalue weighted by Crippen LogP contribution is 2.46. The maximum absolute atomic E-state index is 9.73. The summed E-state index contributed by atoms with van der Waals surface area (Å²) in [6.45, 7) is 0. The van der Waals surface area contributed by atoms with Gasteiger partial charge in [-0.05, 0) is 215 Å². The highest BCUT2D eigenvalue weighted by Gasteiger charge is 2.25. The second kappa shape index (κ2) is 30.8. The monoisotopic (exact) mass is 1750 g/mol. The Bertz CT molecular complexity index is 9390. The van der Waals surface area contributed by atoms with E-state index in [-0.39, 0.29) is 0 Å². The Morgan fingerprint density at radius 1 is 0.159 bits per heavy atom. The van der Waals surface area contributed by atoms with Crippen LogP contribution in [0.5, 0.6) is 0 Å². The minimum atomic E-state index is -1.51. The summed E-state index contributed by atoms with van der Waals surface area (Å²) in [7, 11) is -1.51. The SMILES string of the molecule is Brc1ccccc1-n1c2ccccc2c2cc(-n3c4ccccc4c4ccccc43)ccc21.OB(O)c1cccc(-n2c3ccccc3c3cc(-n4c5ccccc5c5ccccc54)ccc32)c1.c1cc(-c2ccccc2-n2c3ccccc3c3cc(-n4c5ccccc5c5ccccc54)ccc32)cc(-n2c3ccccc3c3cc(-n4c5ccccc5c5ccccc54)ccc32)c1. The number of hydrogen-bond donors (Lipinski definition) is 2. The lowest BCUT2D eigenvalue weighted by Gasteiger charge is -2.16. The van der Waals surface area contributed by atoms with Crippen LogP contribution in [0.3, 0.4) is 0 Å². The van der Waals surface area contributed by atoms with Crippen molar-refractivity contribution >= 4 is 203 Å². The van der Waals surface area contributed by atoms with Gasteiger partial charge in [-0.25, -0.2) is 0 Å². The average molecular weight is 1750 g/mol. The van der Waals surface area contributed by atoms with Crippen LogP contribution in [0, 0.1) is 0 Å². The van der Waals surface area contributed by atoms with Crippen molar-refractivity contribution in [3.8, 4) is 56.6 Å². The molecule has 0 spiro atoms. The Morgan fingerprint density at radius 3 is 0.667 bits per heavy atom. The first-order valence-corrected chi connectivity index (χ1v) is 45.6. The zero-order valence-corrected chi connectivity index (χ0v) is 72.9. The smallest absolute Gasteiger partial charge is 0.423 e. The van der Waals surface area contributed by atoms with Gasteiger partial charge in [0.25, 0.3) is 0 Å². The van der Waals surface area contributed by atoms with Crippen LogP contribution < -0.4 is 5.46 Å². The molecule has 8 aromatic heterocycles. The summed E-state index contributed by atoms with van der Waals surface area (Å²) in [5.74, 6) is 0. The van der Waals surface area contributed by atoms with E-state index in [2.05, 4.69) is 483 Å². The van der Waals surface area contributed by atoms with Crippen molar-refractivity contribution in [2.24, 2.45) is 0 Å². The highest BCUT2D eigenvalue weighted by atomic mass is 79.9. The fraction of sp³-hybridized carbons (Fsp3) is 0. The number of aromatic nitrogens is 8. The molecule has 20 aromatic carbocycles. The Labute approximate surface area is 766 Å². The predicted octanol–water partition coefficient (Wildman–Crippen LogP) is 29.9. The van der Waals surface area contributed by atoms with Crippen molar-refractivity contribution in [1.29, 1.82) is 0 Å². The predicted molar refractivity (Wildman–Crippen MR) is 557 cm³/mol. The van der Waals surface area contributed by atoms with Crippen LogP contribution in [0.4, 0.5) is 0 Å². The number of benzene rings is 20. The number of halogens is 1. The van der Waals surface area contributed by atoms with Crippen molar-refractivity contribution in [3.05, 3.63) is 466 Å². The van der Waals surface area contributed by atoms with E-state index in [1.54, 1.807) is 6.07 Å². The Hall–Kier alpha value is -16.7. The van der Waals surface area contributed by atoms with Gasteiger partial charge in [0.15, 0.2) is 0 Å². The summed E-state index contributed by atoms with van der Waals surface area (Å²) in [6.07, 6.45) is 0. The molecule has 12 heteroatoms. The van der Waals surface area contributed by atoms with E-state index >= 15 is 0 Å². The largest absolute Gasteiger partial charge is 0.488 e. The molecule has 0 amide bonds. The van der Waals surface area contributed by atoms with E-state index < -0.39 is 7.12 Å². The van der Waals surface area contributed by atoms with E-state index in [9.17, 15) is 10.0 Å². The van der Waals surface area contributed by atoms with Gasteiger partial charge in [0.2, 0.25) is 0 Å². The summed E-state index contributed by atoms with van der Waals surface area (Å²) in [4.78, 5) is 0. The summed E-state index contributed by atoms with van der Waals surface area (Å²) in [5.41, 5.74) is 30.7. The molecule has 0 aliphatic rings. The van der Waals surface area contributed by atoms with Crippen LogP contribution in [0.25, 0.3) is 231 Å². The van der Waals surface area contributed by atoms with Gasteiger partial charge in [0, 0.05) is 130 Å². The molecule has 0 aliphatic carbocycles. The summed E-state index contributed by atoms with van der Waals surface area (Å²) in [6, 6.07) is 165. The number of para-hydroxylation sites is 14. The second-order valence-electron chi connectivity index (χ2n) is 34.2. The zero-order chi connectivity index (χ0) is 87.3. The molecule has 8 heterocycles. The van der Waals surface area contributed by atoms with Crippen LogP contribution in [-0.2, 0) is 0 Å². The van der Waals surface area contributed by atoms with Crippen LogP contribution in [-0.4, -0.2) is 53.7 Å². The first kappa shape index (κ1) is 76.5. The molecule has 0 fully saturated rings. The fourth-order valence-corrected chi connectivity index (χ4v) is 21.9. The van der Waals surface area contributed by atoms with Gasteiger partial charge in [-0.2, -0.15) is 0 Å². The van der Waals surface area contributed by atoms with Gasteiger partial charge < -0.3 is 46.6 Å². The third-order valence-corrected chi connectivity index (χ3v) is 27.7. The van der Waals surface area contributed by atoms with Crippen LogP contribution in [0.2, 0.25) is 0 Å². The van der Waals surface area contributed by atoms with Gasteiger partial charge in [0.05, 0.1) is 99.6 Å². The van der Waals surface area contributed by atoms with E-state index in [4.69, 9.17) is 0 Å². The molecule has 0 bridgehead atoms. The fourth-order valence-electron chi connectivity index (χ4n) is 21.5. The molecule has 2 N–H and O–H groups in total. The number of rotatable bonds is 10. The minimum absolute atomic E-state index is 0.468. The quantitative estimate of drug-likeness (QED) is 0.134. The molecule has 0 saturated carbocycles. The van der Waals surface area contributed by atoms with Gasteiger partial charge in [-0.3, -0.25) is 0 Å². The lowest BCUT2D eigenvalue weighted by atomic mass is 9.80. The number of hydrogen-bond acceptors (Lipinski definition) is 2. The first-order chi connectivity index (χ1) is 65.3. The standard InChI is InChI=1S/C60H38N4.C30H21BN2O2.C30H19BrN2/c1-8-25-52(64-58-31-14-7-24-49(58)51-38-42(33-35-60(51)64)63-55-28-11-4-21-46(55)47-22-5-12-29-56(47)63)43(18-1)39-16-15-17-40(36-39)61-57-30-13-6-23-48(57)50-37-41(32-34-59(50)61)62-53-26-9-2-19-44(53)45-20-3-10-27-54(45)62;34-31(35)20-8-7-9-21(18-20)32-29-15-6-3-12-25(29)26-19-22(16-17-30(26)32)33-27-13-4-1-10-23(27)24-11-2-5-14-28(24)33;31-25-12-4-8-16-30(25)33-28-15-7-3-11-23(28)24-19-20(17-18-29(24)33)32-26-13-5-1-9-21(26)22-10-2-6-14-27(22)32/h1-38H;1-19,34-35H;1-19H. The molecule has 132 heavy (non-hydrogen) atoms. The van der Waals surface area contributed by atoms with E-state index in [1.807, 2.05) is 24.3 Å². The number of fused-ring (bicyclic) bond motifs is 24. The van der Waals surface area contributed by atoms with Crippen molar-refractivity contribution in [2.75, 3.05) is 0 Å². The molecular formula is C120H78BBrN8O2. The molecule has 0 aliphatic heterocycles. The van der Waals surface area contributed by atoms with Gasteiger partial charge in [-0.1, -0.05) is 273 Å². The van der Waals surface area contributed by atoms with Crippen molar-refractivity contribution in [1.82, 2.24) is 36.5 Å². The summed E-state index contributed by atoms with van der Waals surface area (Å²) < 4.78 is 20.1. The Kier molecular flexibility index (Phi) is 17.8. The third kappa shape index (κ3) is 12.0. The molecule has 620 valence electrons. The van der Waals surface area contributed by atoms with Gasteiger partial charge >= 0.3 is 7.12 Å². The maximum Gasteiger partial charge on any atom is 0.488 e. The second-order valence-corrected chi connectivity index (χ2v) is 35.0. The van der Waals surface area contributed by atoms with Gasteiger partial charge in [-0.15, -0.1) is 0 Å². The number of nitrogens with zero attached hydrogens (tertiary/aromatic N) is 8. The molecular weight excluding hydrogens is 1680 g/mol. The maximum atomic E-state index is 9.73.